The molecule has 0 radical (unpaired) electrons. The lowest BCUT2D eigenvalue weighted by atomic mass is 10.1. The van der Waals surface area contributed by atoms with Crippen LogP contribution in [0.1, 0.15) is 40.0 Å². The molecule has 1 aliphatic rings. The van der Waals surface area contributed by atoms with Gasteiger partial charge in [-0.1, -0.05) is 6.07 Å². The average Bonchev–Trinajstić information content (AvgIpc) is 2.98. The first-order valence-electron chi connectivity index (χ1n) is 9.87. The highest BCUT2D eigenvalue weighted by Gasteiger charge is 2.44. The number of fused-ring (bicyclic) bond motifs is 1. The fourth-order valence-electron chi connectivity index (χ4n) is 3.40. The lowest BCUT2D eigenvalue weighted by molar-refractivity contribution is -0.174. The molecule has 0 heterocycles. The molecule has 1 aliphatic carbocycles. The zero-order valence-corrected chi connectivity index (χ0v) is 18.0. The monoisotopic (exact) mass is 448 g/mol. The number of rotatable bonds is 6. The fraction of sp³-hybridized carbons (Fsp3) is 0.304. The SMILES string of the molecule is CCOc1cc2c(cc1OC)[C@@H](NC(=O)C(F)(F)F)/C(=C/Nc1ccc(C)c(C)c1)C2=O. The number of alkyl halides is 3. The van der Waals surface area contributed by atoms with E-state index >= 15 is 0 Å². The number of anilines is 1. The van der Waals surface area contributed by atoms with E-state index < -0.39 is 23.9 Å². The number of aryl methyl sites for hydroxylation is 2. The standard InChI is InChI=1S/C23H23F3N2O4/c1-5-32-19-10-16-15(9-18(19)31-4)20(28-22(30)23(24,25)26)17(21(16)29)11-27-14-7-6-12(2)13(3)8-14/h6-11,20,27H,5H2,1-4H3,(H,28,30)/b17-11-/t20-/m1/s1. The Morgan fingerprint density at radius 1 is 1.12 bits per heavy atom. The normalized spacial score (nSPS) is 16.7. The van der Waals surface area contributed by atoms with E-state index in [-0.39, 0.29) is 28.2 Å². The minimum atomic E-state index is -5.10. The molecule has 0 spiro atoms. The van der Waals surface area contributed by atoms with Crippen LogP contribution in [0, 0.1) is 13.8 Å². The number of amides is 1. The Kier molecular flexibility index (Phi) is 6.47. The minimum Gasteiger partial charge on any atom is -0.493 e. The molecule has 0 saturated carbocycles. The number of hydrogen-bond acceptors (Lipinski definition) is 5. The first kappa shape index (κ1) is 23.2. The van der Waals surface area contributed by atoms with Gasteiger partial charge in [-0.25, -0.2) is 0 Å². The number of benzene rings is 2. The number of halogens is 3. The number of nitrogens with one attached hydrogen (secondary N) is 2. The van der Waals surface area contributed by atoms with Gasteiger partial charge in [0, 0.05) is 23.0 Å². The molecule has 3 rings (SSSR count). The van der Waals surface area contributed by atoms with Gasteiger partial charge >= 0.3 is 12.1 Å². The van der Waals surface area contributed by atoms with Crippen molar-refractivity contribution in [2.45, 2.75) is 33.0 Å². The lowest BCUT2D eigenvalue weighted by Crippen LogP contribution is -2.39. The second-order valence-electron chi connectivity index (χ2n) is 7.30. The van der Waals surface area contributed by atoms with Crippen LogP contribution in [0.4, 0.5) is 18.9 Å². The van der Waals surface area contributed by atoms with Crippen LogP contribution >= 0.6 is 0 Å². The summed E-state index contributed by atoms with van der Waals surface area (Å²) in [6.07, 6.45) is -3.78. The largest absolute Gasteiger partial charge is 0.493 e. The van der Waals surface area contributed by atoms with Crippen LogP contribution in [0.5, 0.6) is 11.5 Å². The Bertz CT molecular complexity index is 1090. The highest BCUT2D eigenvalue weighted by atomic mass is 19.4. The molecular weight excluding hydrogens is 425 g/mol. The van der Waals surface area contributed by atoms with Crippen LogP contribution in [-0.4, -0.2) is 31.6 Å². The Morgan fingerprint density at radius 2 is 1.84 bits per heavy atom. The summed E-state index contributed by atoms with van der Waals surface area (Å²) < 4.78 is 49.7. The maximum atomic E-state index is 13.1. The van der Waals surface area contributed by atoms with Crippen molar-refractivity contribution in [1.29, 1.82) is 0 Å². The maximum Gasteiger partial charge on any atom is 0.471 e. The van der Waals surface area contributed by atoms with Crippen LogP contribution in [0.25, 0.3) is 0 Å². The molecule has 1 atom stereocenters. The van der Waals surface area contributed by atoms with Crippen molar-refractivity contribution in [2.24, 2.45) is 0 Å². The van der Waals surface area contributed by atoms with E-state index in [9.17, 15) is 22.8 Å². The quantitative estimate of drug-likeness (QED) is 0.631. The van der Waals surface area contributed by atoms with Gasteiger partial charge in [-0.15, -0.1) is 0 Å². The highest BCUT2D eigenvalue weighted by Crippen LogP contribution is 2.42. The third-order valence-corrected chi connectivity index (χ3v) is 5.20. The van der Waals surface area contributed by atoms with E-state index in [4.69, 9.17) is 9.47 Å². The van der Waals surface area contributed by atoms with E-state index in [0.717, 1.165) is 11.1 Å². The summed E-state index contributed by atoms with van der Waals surface area (Å²) in [6, 6.07) is 7.03. The van der Waals surface area contributed by atoms with Crippen LogP contribution < -0.4 is 20.1 Å². The average molecular weight is 448 g/mol. The molecule has 2 N–H and O–H groups in total. The van der Waals surface area contributed by atoms with E-state index in [1.165, 1.54) is 25.4 Å². The molecule has 2 aromatic carbocycles. The van der Waals surface area contributed by atoms with Gasteiger partial charge in [0.15, 0.2) is 17.3 Å². The third kappa shape index (κ3) is 4.56. The van der Waals surface area contributed by atoms with Gasteiger partial charge in [0.05, 0.1) is 19.8 Å². The topological polar surface area (TPSA) is 76.7 Å². The van der Waals surface area contributed by atoms with Gasteiger partial charge < -0.3 is 20.1 Å². The van der Waals surface area contributed by atoms with Gasteiger partial charge in [0.25, 0.3) is 0 Å². The van der Waals surface area contributed by atoms with Gasteiger partial charge in [-0.05, 0) is 61.7 Å². The van der Waals surface area contributed by atoms with E-state index in [1.807, 2.05) is 31.3 Å². The van der Waals surface area contributed by atoms with Crippen LogP contribution in [0.2, 0.25) is 0 Å². The molecule has 0 aliphatic heterocycles. The van der Waals surface area contributed by atoms with Crippen LogP contribution in [0.3, 0.4) is 0 Å². The number of ketones is 1. The molecule has 9 heteroatoms. The fourth-order valence-corrected chi connectivity index (χ4v) is 3.40. The Morgan fingerprint density at radius 3 is 2.44 bits per heavy atom. The molecule has 170 valence electrons. The second-order valence-corrected chi connectivity index (χ2v) is 7.30. The van der Waals surface area contributed by atoms with E-state index in [1.54, 1.807) is 13.0 Å². The van der Waals surface area contributed by atoms with Gasteiger partial charge in [-0.3, -0.25) is 9.59 Å². The predicted octanol–water partition coefficient (Wildman–Crippen LogP) is 4.62. The van der Waals surface area contributed by atoms with Crippen molar-refractivity contribution in [2.75, 3.05) is 19.0 Å². The summed E-state index contributed by atoms with van der Waals surface area (Å²) in [5.41, 5.74) is 3.01. The number of carbonyl (C=O) groups is 2. The molecule has 0 unspecified atom stereocenters. The number of ether oxygens (including phenoxy) is 2. The van der Waals surface area contributed by atoms with E-state index in [0.29, 0.717) is 12.3 Å². The third-order valence-electron chi connectivity index (χ3n) is 5.20. The van der Waals surface area contributed by atoms with Crippen LogP contribution in [-0.2, 0) is 4.79 Å². The maximum absolute atomic E-state index is 13.1. The Labute approximate surface area is 183 Å². The highest BCUT2D eigenvalue weighted by molar-refractivity contribution is 6.15. The zero-order chi connectivity index (χ0) is 23.6. The second kappa shape index (κ2) is 8.94. The smallest absolute Gasteiger partial charge is 0.471 e. The zero-order valence-electron chi connectivity index (χ0n) is 18.0. The van der Waals surface area contributed by atoms with E-state index in [2.05, 4.69) is 5.32 Å². The summed E-state index contributed by atoms with van der Waals surface area (Å²) in [5.74, 6) is -2.14. The van der Waals surface area contributed by atoms with Gasteiger partial charge in [-0.2, -0.15) is 13.2 Å². The summed E-state index contributed by atoms with van der Waals surface area (Å²) in [5, 5.41) is 4.88. The number of methoxy groups -OCH3 is 1. The van der Waals surface area contributed by atoms with Crippen molar-refractivity contribution in [3.05, 3.63) is 64.4 Å². The Hall–Kier alpha value is -3.49. The van der Waals surface area contributed by atoms with Crippen LogP contribution in [0.15, 0.2) is 42.1 Å². The Balaban J connectivity index is 2.05. The molecular formula is C23H23F3N2O4. The first-order valence-corrected chi connectivity index (χ1v) is 9.87. The summed E-state index contributed by atoms with van der Waals surface area (Å²) in [6.45, 7) is 5.91. The van der Waals surface area contributed by atoms with Crippen molar-refractivity contribution in [1.82, 2.24) is 5.32 Å². The van der Waals surface area contributed by atoms with Crippen molar-refractivity contribution < 1.29 is 32.2 Å². The van der Waals surface area contributed by atoms with Crippen molar-refractivity contribution in [3.63, 3.8) is 0 Å². The molecule has 0 saturated heterocycles. The molecule has 0 aromatic heterocycles. The predicted molar refractivity (Wildman–Crippen MR) is 113 cm³/mol. The molecule has 32 heavy (non-hydrogen) atoms. The number of hydrogen-bond donors (Lipinski definition) is 2. The molecule has 1 amide bonds. The number of Topliss-reactive ketones (excluding diaryl/α,β-unsaturated/α-hetero) is 1. The summed E-state index contributed by atoms with van der Waals surface area (Å²) >= 11 is 0. The molecule has 6 nitrogen and oxygen atoms in total. The van der Waals surface area contributed by atoms with Crippen molar-refractivity contribution in [3.8, 4) is 11.5 Å². The minimum absolute atomic E-state index is 0.0356. The van der Waals surface area contributed by atoms with Gasteiger partial charge in [0.1, 0.15) is 0 Å². The molecule has 0 bridgehead atoms. The number of carbonyl (C=O) groups excluding carboxylic acids is 2. The summed E-state index contributed by atoms with van der Waals surface area (Å²) in [4.78, 5) is 24.8. The summed E-state index contributed by atoms with van der Waals surface area (Å²) in [7, 11) is 1.38. The molecule has 2 aromatic rings. The van der Waals surface area contributed by atoms with Gasteiger partial charge in [0.2, 0.25) is 0 Å². The lowest BCUT2D eigenvalue weighted by Gasteiger charge is -2.18. The van der Waals surface area contributed by atoms with Crippen molar-refractivity contribution >= 4 is 17.4 Å². The molecule has 0 fully saturated rings. The first-order chi connectivity index (χ1) is 15.1.